The highest BCUT2D eigenvalue weighted by Gasteiger charge is 2.24. The van der Waals surface area contributed by atoms with Crippen molar-refractivity contribution in [3.05, 3.63) is 29.8 Å². The van der Waals surface area contributed by atoms with Crippen LogP contribution in [0.25, 0.3) is 0 Å². The number of hydrogen-bond donors (Lipinski definition) is 1. The molecule has 2 rings (SSSR count). The van der Waals surface area contributed by atoms with Crippen molar-refractivity contribution in [1.82, 2.24) is 5.32 Å². The van der Waals surface area contributed by atoms with Gasteiger partial charge in [0.2, 0.25) is 0 Å². The molecule has 2 nitrogen and oxygen atoms in total. The lowest BCUT2D eigenvalue weighted by Crippen LogP contribution is -2.43. The molecule has 0 unspecified atom stereocenters. The van der Waals surface area contributed by atoms with E-state index in [1.54, 1.807) is 12.1 Å². The van der Waals surface area contributed by atoms with Crippen LogP contribution in [0.15, 0.2) is 24.3 Å². The molecule has 1 aliphatic rings. The van der Waals surface area contributed by atoms with E-state index >= 15 is 0 Å². The summed E-state index contributed by atoms with van der Waals surface area (Å²) >= 11 is 0. The topological polar surface area (TPSA) is 15.3 Å². The molecule has 0 saturated carbocycles. The van der Waals surface area contributed by atoms with Gasteiger partial charge in [-0.2, -0.15) is 0 Å². The molecule has 0 aliphatic carbocycles. The van der Waals surface area contributed by atoms with Crippen LogP contribution < -0.4 is 10.2 Å². The molecule has 0 atom stereocenters. The van der Waals surface area contributed by atoms with Crippen molar-refractivity contribution in [2.24, 2.45) is 0 Å². The van der Waals surface area contributed by atoms with Crippen molar-refractivity contribution in [3.8, 4) is 0 Å². The number of anilines is 1. The predicted molar refractivity (Wildman–Crippen MR) is 61.1 cm³/mol. The largest absolute Gasteiger partial charge is 0.369 e. The van der Waals surface area contributed by atoms with E-state index in [0.717, 1.165) is 38.8 Å². The predicted octanol–water partition coefficient (Wildman–Crippen LogP) is 2.21. The van der Waals surface area contributed by atoms with E-state index in [1.807, 2.05) is 0 Å². The molecule has 0 amide bonds. The fraction of sp³-hybridized carbons (Fsp3) is 0.500. The Morgan fingerprint density at radius 1 is 1.12 bits per heavy atom. The molecule has 1 N–H and O–H groups in total. The highest BCUT2D eigenvalue weighted by Crippen LogP contribution is 2.28. The van der Waals surface area contributed by atoms with Crippen molar-refractivity contribution in [3.63, 3.8) is 0 Å². The summed E-state index contributed by atoms with van der Waals surface area (Å²) in [6.07, 6.45) is 0. The number of benzene rings is 1. The number of alkyl halides is 2. The normalized spacial score (nSPS) is 17.6. The van der Waals surface area contributed by atoms with E-state index in [-0.39, 0.29) is 5.56 Å². The van der Waals surface area contributed by atoms with Crippen LogP contribution in [-0.2, 0) is 5.92 Å². The standard InChI is InChI=1S/C12H16F2N2/c1-12(13,14)10-2-4-11(5-3-10)16-8-6-15-7-9-16/h2-5,15H,6-9H2,1H3. The lowest BCUT2D eigenvalue weighted by atomic mass is 10.1. The molecule has 1 heterocycles. The lowest BCUT2D eigenvalue weighted by molar-refractivity contribution is 0.0175. The van der Waals surface area contributed by atoms with Crippen LogP contribution in [0.5, 0.6) is 0 Å². The minimum absolute atomic E-state index is 0.0754. The third-order valence-electron chi connectivity index (χ3n) is 2.86. The van der Waals surface area contributed by atoms with E-state index in [4.69, 9.17) is 0 Å². The van der Waals surface area contributed by atoms with Gasteiger partial charge in [-0.25, -0.2) is 8.78 Å². The highest BCUT2D eigenvalue weighted by atomic mass is 19.3. The molecule has 16 heavy (non-hydrogen) atoms. The van der Waals surface area contributed by atoms with E-state index in [9.17, 15) is 8.78 Å². The maximum atomic E-state index is 13.0. The van der Waals surface area contributed by atoms with E-state index in [1.165, 1.54) is 12.1 Å². The van der Waals surface area contributed by atoms with Gasteiger partial charge in [0.25, 0.3) is 5.92 Å². The van der Waals surface area contributed by atoms with Gasteiger partial charge in [-0.3, -0.25) is 0 Å². The Hall–Kier alpha value is -1.16. The summed E-state index contributed by atoms with van der Waals surface area (Å²) in [7, 11) is 0. The maximum absolute atomic E-state index is 13.0. The molecule has 1 fully saturated rings. The molecule has 0 bridgehead atoms. The van der Waals surface area contributed by atoms with Gasteiger partial charge in [0.05, 0.1) is 0 Å². The van der Waals surface area contributed by atoms with Gasteiger partial charge in [-0.15, -0.1) is 0 Å². The zero-order valence-corrected chi connectivity index (χ0v) is 9.34. The smallest absolute Gasteiger partial charge is 0.270 e. The quantitative estimate of drug-likeness (QED) is 0.831. The van der Waals surface area contributed by atoms with Crippen molar-refractivity contribution in [1.29, 1.82) is 0 Å². The first-order valence-electron chi connectivity index (χ1n) is 5.51. The summed E-state index contributed by atoms with van der Waals surface area (Å²) in [4.78, 5) is 2.20. The van der Waals surface area contributed by atoms with Crippen LogP contribution >= 0.6 is 0 Å². The van der Waals surface area contributed by atoms with Crippen LogP contribution in [0.1, 0.15) is 12.5 Å². The molecule has 88 valence electrons. The van der Waals surface area contributed by atoms with Gasteiger partial charge in [-0.05, 0) is 12.1 Å². The Morgan fingerprint density at radius 2 is 1.69 bits per heavy atom. The average Bonchev–Trinajstić information content (AvgIpc) is 2.29. The number of nitrogens with zero attached hydrogens (tertiary/aromatic N) is 1. The Balaban J connectivity index is 2.12. The number of hydrogen-bond acceptors (Lipinski definition) is 2. The Bertz CT molecular complexity index is 337. The van der Waals surface area contributed by atoms with Crippen LogP contribution in [0.2, 0.25) is 0 Å². The summed E-state index contributed by atoms with van der Waals surface area (Å²) in [6, 6.07) is 6.57. The Morgan fingerprint density at radius 3 is 2.19 bits per heavy atom. The SMILES string of the molecule is CC(F)(F)c1ccc(N2CCNCC2)cc1. The Labute approximate surface area is 94.3 Å². The summed E-state index contributed by atoms with van der Waals surface area (Å²) in [6.45, 7) is 4.69. The first-order valence-corrected chi connectivity index (χ1v) is 5.51. The minimum Gasteiger partial charge on any atom is -0.369 e. The van der Waals surface area contributed by atoms with Crippen LogP contribution in [0.3, 0.4) is 0 Å². The zero-order chi connectivity index (χ0) is 11.6. The van der Waals surface area contributed by atoms with E-state index in [0.29, 0.717) is 0 Å². The van der Waals surface area contributed by atoms with Gasteiger partial charge >= 0.3 is 0 Å². The van der Waals surface area contributed by atoms with E-state index in [2.05, 4.69) is 10.2 Å². The fourth-order valence-electron chi connectivity index (χ4n) is 1.89. The minimum atomic E-state index is -2.75. The van der Waals surface area contributed by atoms with Crippen LogP contribution in [-0.4, -0.2) is 26.2 Å². The average molecular weight is 226 g/mol. The first-order chi connectivity index (χ1) is 7.57. The van der Waals surface area contributed by atoms with E-state index < -0.39 is 5.92 Å². The van der Waals surface area contributed by atoms with Crippen LogP contribution in [0, 0.1) is 0 Å². The fourth-order valence-corrected chi connectivity index (χ4v) is 1.89. The molecule has 0 aromatic heterocycles. The summed E-state index contributed by atoms with van der Waals surface area (Å²) in [5, 5.41) is 3.26. The van der Waals surface area contributed by atoms with Gasteiger partial charge in [0, 0.05) is 44.4 Å². The third kappa shape index (κ3) is 2.50. The molecule has 0 radical (unpaired) electrons. The Kier molecular flexibility index (Phi) is 3.10. The second-order valence-corrected chi connectivity index (χ2v) is 4.17. The van der Waals surface area contributed by atoms with Crippen molar-refractivity contribution >= 4 is 5.69 Å². The zero-order valence-electron chi connectivity index (χ0n) is 9.34. The number of piperazine rings is 1. The second-order valence-electron chi connectivity index (χ2n) is 4.17. The molecule has 0 spiro atoms. The van der Waals surface area contributed by atoms with Crippen molar-refractivity contribution in [2.75, 3.05) is 31.1 Å². The highest BCUT2D eigenvalue weighted by molar-refractivity contribution is 5.48. The summed E-state index contributed by atoms with van der Waals surface area (Å²) < 4.78 is 26.0. The van der Waals surface area contributed by atoms with Gasteiger partial charge in [0.1, 0.15) is 0 Å². The molecule has 1 aliphatic heterocycles. The van der Waals surface area contributed by atoms with Gasteiger partial charge in [0.15, 0.2) is 0 Å². The molecule has 4 heteroatoms. The molecule has 1 aromatic carbocycles. The third-order valence-corrected chi connectivity index (χ3v) is 2.86. The molecule has 1 aromatic rings. The number of rotatable bonds is 2. The molecular formula is C12H16F2N2. The second kappa shape index (κ2) is 4.37. The van der Waals surface area contributed by atoms with Crippen LogP contribution in [0.4, 0.5) is 14.5 Å². The first kappa shape index (κ1) is 11.3. The van der Waals surface area contributed by atoms with Crippen molar-refractivity contribution < 1.29 is 8.78 Å². The summed E-state index contributed by atoms with van der Waals surface area (Å²) in [5.41, 5.74) is 1.10. The molecule has 1 saturated heterocycles. The summed E-state index contributed by atoms with van der Waals surface area (Å²) in [5.74, 6) is -2.75. The van der Waals surface area contributed by atoms with Gasteiger partial charge in [-0.1, -0.05) is 12.1 Å². The number of nitrogens with one attached hydrogen (secondary N) is 1. The lowest BCUT2D eigenvalue weighted by Gasteiger charge is -2.29. The van der Waals surface area contributed by atoms with Crippen molar-refractivity contribution in [2.45, 2.75) is 12.8 Å². The maximum Gasteiger partial charge on any atom is 0.270 e. The van der Waals surface area contributed by atoms with Gasteiger partial charge < -0.3 is 10.2 Å². The monoisotopic (exact) mass is 226 g/mol. The number of halogens is 2. The molecular weight excluding hydrogens is 210 g/mol.